The number of hydrogen-bond acceptors (Lipinski definition) is 4. The maximum absolute atomic E-state index is 13.5. The highest BCUT2D eigenvalue weighted by atomic mass is 32.2. The number of carbonyl (C=O) groups excluding carboxylic acids is 2. The largest absolute Gasteiger partial charge is 0.355 e. The lowest BCUT2D eigenvalue weighted by molar-refractivity contribution is -0.140. The molecule has 2 rings (SSSR count). The van der Waals surface area contributed by atoms with Gasteiger partial charge in [-0.2, -0.15) is 0 Å². The van der Waals surface area contributed by atoms with Crippen molar-refractivity contribution >= 4 is 27.5 Å². The molecule has 0 bridgehead atoms. The van der Waals surface area contributed by atoms with Crippen LogP contribution in [0.25, 0.3) is 0 Å². The average Bonchev–Trinajstić information content (AvgIpc) is 2.76. The first kappa shape index (κ1) is 26.4. The fraction of sp³-hybridized carbons (Fsp3) is 0.440. The molecule has 2 aromatic carbocycles. The highest BCUT2D eigenvalue weighted by Crippen LogP contribution is 2.21. The predicted octanol–water partition coefficient (Wildman–Crippen LogP) is 3.27. The molecule has 0 aliphatic rings. The van der Waals surface area contributed by atoms with E-state index in [0.29, 0.717) is 18.7 Å². The van der Waals surface area contributed by atoms with Crippen LogP contribution in [0.4, 0.5) is 5.69 Å². The van der Waals surface area contributed by atoms with Gasteiger partial charge in [0.1, 0.15) is 12.6 Å². The van der Waals surface area contributed by atoms with Gasteiger partial charge in [0.05, 0.1) is 11.9 Å². The zero-order valence-electron chi connectivity index (χ0n) is 20.2. The summed E-state index contributed by atoms with van der Waals surface area (Å²) in [5.41, 5.74) is 3.41. The van der Waals surface area contributed by atoms with Gasteiger partial charge in [-0.1, -0.05) is 55.8 Å². The van der Waals surface area contributed by atoms with Crippen molar-refractivity contribution in [2.45, 2.75) is 53.1 Å². The molecule has 0 saturated carbocycles. The topological polar surface area (TPSA) is 86.8 Å². The number of nitrogens with one attached hydrogen (secondary N) is 1. The molecule has 180 valence electrons. The Morgan fingerprint density at radius 3 is 2.18 bits per heavy atom. The highest BCUT2D eigenvalue weighted by molar-refractivity contribution is 7.92. The van der Waals surface area contributed by atoms with E-state index in [-0.39, 0.29) is 19.0 Å². The highest BCUT2D eigenvalue weighted by Gasteiger charge is 2.31. The molecule has 0 aliphatic heterocycles. The smallest absolute Gasteiger partial charge is 0.244 e. The Balaban J connectivity index is 2.41. The predicted molar refractivity (Wildman–Crippen MR) is 133 cm³/mol. The van der Waals surface area contributed by atoms with Gasteiger partial charge in [0.2, 0.25) is 21.8 Å². The van der Waals surface area contributed by atoms with E-state index in [2.05, 4.69) is 5.32 Å². The molecule has 0 heterocycles. The minimum atomic E-state index is -3.72. The molecule has 0 unspecified atom stereocenters. The van der Waals surface area contributed by atoms with E-state index in [0.717, 1.165) is 33.7 Å². The summed E-state index contributed by atoms with van der Waals surface area (Å²) in [5.74, 6) is -0.682. The van der Waals surface area contributed by atoms with Crippen molar-refractivity contribution in [1.29, 1.82) is 0 Å². The summed E-state index contributed by atoms with van der Waals surface area (Å²) in [6.45, 7) is 7.91. The Hall–Kier alpha value is -2.87. The van der Waals surface area contributed by atoms with Crippen molar-refractivity contribution in [2.75, 3.05) is 23.7 Å². The molecule has 1 atom stereocenters. The molecule has 0 fully saturated rings. The molecule has 0 aliphatic carbocycles. The van der Waals surface area contributed by atoms with E-state index in [1.807, 2.05) is 64.1 Å². The van der Waals surface area contributed by atoms with Crippen molar-refractivity contribution < 1.29 is 18.0 Å². The van der Waals surface area contributed by atoms with Crippen molar-refractivity contribution in [3.63, 3.8) is 0 Å². The Labute approximate surface area is 197 Å². The van der Waals surface area contributed by atoms with Gasteiger partial charge in [-0.25, -0.2) is 8.42 Å². The van der Waals surface area contributed by atoms with Crippen LogP contribution in [0, 0.1) is 6.92 Å². The first-order valence-electron chi connectivity index (χ1n) is 11.3. The van der Waals surface area contributed by atoms with Crippen molar-refractivity contribution in [3.8, 4) is 0 Å². The van der Waals surface area contributed by atoms with Crippen LogP contribution < -0.4 is 9.62 Å². The standard InChI is InChI=1S/C25H35N3O4S/c1-6-20-12-14-22(15-13-20)28(33(5,31)32)18-24(29)27(23(7-2)25(30)26-8-3)17-21-11-9-10-19(4)16-21/h9-16,23H,6-8,17-18H2,1-5H3,(H,26,30)/t23-/m1/s1. The van der Waals surface area contributed by atoms with Crippen molar-refractivity contribution in [2.24, 2.45) is 0 Å². The molecular weight excluding hydrogens is 438 g/mol. The van der Waals surface area contributed by atoms with Gasteiger partial charge < -0.3 is 10.2 Å². The Kier molecular flexibility index (Phi) is 9.46. The molecule has 2 amide bonds. The second-order valence-corrected chi connectivity index (χ2v) is 10.0. The van der Waals surface area contributed by atoms with Crippen LogP contribution in [-0.2, 0) is 32.6 Å². The fourth-order valence-corrected chi connectivity index (χ4v) is 4.58. The number of likely N-dealkylation sites (N-methyl/N-ethyl adjacent to an activating group) is 1. The summed E-state index contributed by atoms with van der Waals surface area (Å²) >= 11 is 0. The normalized spacial score (nSPS) is 12.2. The van der Waals surface area contributed by atoms with Crippen molar-refractivity contribution in [3.05, 3.63) is 65.2 Å². The molecule has 33 heavy (non-hydrogen) atoms. The molecule has 1 N–H and O–H groups in total. The minimum Gasteiger partial charge on any atom is -0.355 e. The van der Waals surface area contributed by atoms with E-state index in [4.69, 9.17) is 0 Å². The lowest BCUT2D eigenvalue weighted by Gasteiger charge is -2.33. The number of sulfonamides is 1. The molecule has 0 aromatic heterocycles. The average molecular weight is 474 g/mol. The minimum absolute atomic E-state index is 0.211. The van der Waals surface area contributed by atoms with Gasteiger partial charge in [0.15, 0.2) is 0 Å². The van der Waals surface area contributed by atoms with E-state index >= 15 is 0 Å². The SMILES string of the molecule is CCNC(=O)[C@@H](CC)N(Cc1cccc(C)c1)C(=O)CN(c1ccc(CC)cc1)S(C)(=O)=O. The number of rotatable bonds is 11. The number of amides is 2. The monoisotopic (exact) mass is 473 g/mol. The lowest BCUT2D eigenvalue weighted by Crippen LogP contribution is -2.52. The summed E-state index contributed by atoms with van der Waals surface area (Å²) in [6, 6.07) is 14.1. The van der Waals surface area contributed by atoms with Gasteiger partial charge in [0, 0.05) is 13.1 Å². The maximum atomic E-state index is 13.5. The zero-order valence-corrected chi connectivity index (χ0v) is 21.0. The molecule has 7 nitrogen and oxygen atoms in total. The molecule has 0 spiro atoms. The van der Waals surface area contributed by atoms with Gasteiger partial charge in [-0.15, -0.1) is 0 Å². The zero-order chi connectivity index (χ0) is 24.6. The van der Waals surface area contributed by atoms with Gasteiger partial charge in [-0.3, -0.25) is 13.9 Å². The van der Waals surface area contributed by atoms with Crippen LogP contribution in [0.3, 0.4) is 0 Å². The third-order valence-corrected chi connectivity index (χ3v) is 6.62. The van der Waals surface area contributed by atoms with E-state index in [9.17, 15) is 18.0 Å². The maximum Gasteiger partial charge on any atom is 0.244 e. The number of hydrogen-bond donors (Lipinski definition) is 1. The summed E-state index contributed by atoms with van der Waals surface area (Å²) < 4.78 is 26.3. The number of aryl methyl sites for hydroxylation is 2. The fourth-order valence-electron chi connectivity index (χ4n) is 3.73. The Bertz CT molecular complexity index is 1050. The second-order valence-electron chi connectivity index (χ2n) is 8.12. The van der Waals surface area contributed by atoms with Gasteiger partial charge in [-0.05, 0) is 49.9 Å². The van der Waals surface area contributed by atoms with Crippen LogP contribution in [0.1, 0.15) is 43.9 Å². The third-order valence-electron chi connectivity index (χ3n) is 5.48. The van der Waals surface area contributed by atoms with E-state index in [1.54, 1.807) is 12.1 Å². The van der Waals surface area contributed by atoms with Gasteiger partial charge in [0.25, 0.3) is 0 Å². The molecule has 8 heteroatoms. The van der Waals surface area contributed by atoms with Crippen LogP contribution in [-0.4, -0.2) is 50.5 Å². The van der Waals surface area contributed by atoms with Crippen LogP contribution >= 0.6 is 0 Å². The molecule has 0 saturated heterocycles. The van der Waals surface area contributed by atoms with Crippen molar-refractivity contribution in [1.82, 2.24) is 10.2 Å². The Morgan fingerprint density at radius 1 is 1.00 bits per heavy atom. The summed E-state index contributed by atoms with van der Waals surface area (Å²) in [5, 5.41) is 2.79. The molecular formula is C25H35N3O4S. The summed E-state index contributed by atoms with van der Waals surface area (Å²) in [7, 11) is -3.72. The van der Waals surface area contributed by atoms with E-state index < -0.39 is 22.0 Å². The number of benzene rings is 2. The third kappa shape index (κ3) is 7.32. The van der Waals surface area contributed by atoms with Crippen LogP contribution in [0.15, 0.2) is 48.5 Å². The Morgan fingerprint density at radius 2 is 1.67 bits per heavy atom. The first-order chi connectivity index (χ1) is 15.6. The molecule has 0 radical (unpaired) electrons. The van der Waals surface area contributed by atoms with Gasteiger partial charge >= 0.3 is 0 Å². The number of nitrogens with zero attached hydrogens (tertiary/aromatic N) is 2. The van der Waals surface area contributed by atoms with Crippen LogP contribution in [0.2, 0.25) is 0 Å². The van der Waals surface area contributed by atoms with Crippen LogP contribution in [0.5, 0.6) is 0 Å². The number of carbonyl (C=O) groups is 2. The second kappa shape index (κ2) is 11.8. The summed E-state index contributed by atoms with van der Waals surface area (Å²) in [6.07, 6.45) is 2.32. The summed E-state index contributed by atoms with van der Waals surface area (Å²) in [4.78, 5) is 27.8. The molecule has 2 aromatic rings. The number of anilines is 1. The quantitative estimate of drug-likeness (QED) is 0.543. The first-order valence-corrected chi connectivity index (χ1v) is 13.1. The lowest BCUT2D eigenvalue weighted by atomic mass is 10.1. The van der Waals surface area contributed by atoms with E-state index in [1.165, 1.54) is 4.90 Å².